The molecule has 18 heavy (non-hydrogen) atoms. The maximum atomic E-state index is 8.93. The maximum Gasteiger partial charge on any atom is 0.223 e. The number of benzene rings is 1. The second kappa shape index (κ2) is 5.03. The van der Waals surface area contributed by atoms with E-state index in [2.05, 4.69) is 16.0 Å². The van der Waals surface area contributed by atoms with Gasteiger partial charge in [-0.15, -0.1) is 0 Å². The van der Waals surface area contributed by atoms with Gasteiger partial charge in [-0.05, 0) is 42.8 Å². The lowest BCUT2D eigenvalue weighted by atomic mass is 10.1. The molecule has 0 amide bonds. The summed E-state index contributed by atoms with van der Waals surface area (Å²) in [7, 11) is 1.57. The topological polar surface area (TPSA) is 58.8 Å². The summed E-state index contributed by atoms with van der Waals surface area (Å²) in [5.74, 6) is 0.642. The SMILES string of the molecule is COc1ccc(C#N)cc1-c1cc(C)nc(Cl)n1. The number of aromatic nitrogens is 2. The fourth-order valence-corrected chi connectivity index (χ4v) is 1.87. The summed E-state index contributed by atoms with van der Waals surface area (Å²) in [4.78, 5) is 8.16. The van der Waals surface area contributed by atoms with Crippen LogP contribution < -0.4 is 4.74 Å². The predicted octanol–water partition coefficient (Wildman–Crippen LogP) is 2.99. The smallest absolute Gasteiger partial charge is 0.223 e. The molecule has 0 fully saturated rings. The van der Waals surface area contributed by atoms with Crippen LogP contribution in [0.25, 0.3) is 11.3 Å². The molecule has 0 aliphatic carbocycles. The van der Waals surface area contributed by atoms with E-state index in [-0.39, 0.29) is 5.28 Å². The average molecular weight is 260 g/mol. The van der Waals surface area contributed by atoms with Gasteiger partial charge in [-0.2, -0.15) is 5.26 Å². The van der Waals surface area contributed by atoms with Crippen LogP contribution in [0, 0.1) is 18.3 Å². The van der Waals surface area contributed by atoms with Crippen molar-refractivity contribution in [2.75, 3.05) is 7.11 Å². The zero-order valence-corrected chi connectivity index (χ0v) is 10.7. The highest BCUT2D eigenvalue weighted by Gasteiger charge is 2.10. The van der Waals surface area contributed by atoms with E-state index in [9.17, 15) is 0 Å². The van der Waals surface area contributed by atoms with Crippen molar-refractivity contribution in [3.05, 3.63) is 40.8 Å². The molecule has 2 rings (SSSR count). The normalized spacial score (nSPS) is 9.89. The van der Waals surface area contributed by atoms with Crippen molar-refractivity contribution in [2.24, 2.45) is 0 Å². The van der Waals surface area contributed by atoms with Crippen molar-refractivity contribution >= 4 is 11.6 Å². The number of nitrogens with zero attached hydrogens (tertiary/aromatic N) is 3. The lowest BCUT2D eigenvalue weighted by Crippen LogP contribution is -1.94. The van der Waals surface area contributed by atoms with Crippen LogP contribution in [-0.2, 0) is 0 Å². The molecule has 0 bridgehead atoms. The molecule has 0 atom stereocenters. The summed E-state index contributed by atoms with van der Waals surface area (Å²) in [5.41, 5.74) is 2.66. The van der Waals surface area contributed by atoms with Crippen molar-refractivity contribution in [1.82, 2.24) is 9.97 Å². The Morgan fingerprint density at radius 1 is 1.28 bits per heavy atom. The number of hydrogen-bond donors (Lipinski definition) is 0. The van der Waals surface area contributed by atoms with Crippen molar-refractivity contribution in [1.29, 1.82) is 5.26 Å². The predicted molar refractivity (Wildman–Crippen MR) is 68.5 cm³/mol. The highest BCUT2D eigenvalue weighted by molar-refractivity contribution is 6.28. The Labute approximate surface area is 110 Å². The lowest BCUT2D eigenvalue weighted by Gasteiger charge is -2.09. The van der Waals surface area contributed by atoms with Gasteiger partial charge in [-0.25, -0.2) is 9.97 Å². The molecule has 0 spiro atoms. The second-order valence-electron chi connectivity index (χ2n) is 3.69. The highest BCUT2D eigenvalue weighted by atomic mass is 35.5. The fourth-order valence-electron chi connectivity index (χ4n) is 1.65. The molecular weight excluding hydrogens is 250 g/mol. The van der Waals surface area contributed by atoms with Gasteiger partial charge in [0, 0.05) is 11.3 Å². The van der Waals surface area contributed by atoms with Gasteiger partial charge < -0.3 is 4.74 Å². The third kappa shape index (κ3) is 2.41. The minimum absolute atomic E-state index is 0.175. The van der Waals surface area contributed by atoms with Crippen LogP contribution in [0.3, 0.4) is 0 Å². The third-order valence-electron chi connectivity index (χ3n) is 2.43. The van der Waals surface area contributed by atoms with Crippen LogP contribution >= 0.6 is 11.6 Å². The van der Waals surface area contributed by atoms with Crippen LogP contribution in [0.4, 0.5) is 0 Å². The van der Waals surface area contributed by atoms with E-state index in [0.717, 1.165) is 11.3 Å². The summed E-state index contributed by atoms with van der Waals surface area (Å²) in [5, 5.41) is 9.11. The van der Waals surface area contributed by atoms with Crippen molar-refractivity contribution in [2.45, 2.75) is 6.92 Å². The van der Waals surface area contributed by atoms with Gasteiger partial charge in [0.25, 0.3) is 0 Å². The highest BCUT2D eigenvalue weighted by Crippen LogP contribution is 2.30. The Morgan fingerprint density at radius 2 is 2.06 bits per heavy atom. The van der Waals surface area contributed by atoms with Crippen LogP contribution in [0.5, 0.6) is 5.75 Å². The minimum atomic E-state index is 0.175. The van der Waals surface area contributed by atoms with Gasteiger partial charge in [0.1, 0.15) is 5.75 Å². The van der Waals surface area contributed by atoms with Crippen LogP contribution in [0.1, 0.15) is 11.3 Å². The van der Waals surface area contributed by atoms with Gasteiger partial charge in [-0.1, -0.05) is 0 Å². The van der Waals surface area contributed by atoms with Gasteiger partial charge in [0.15, 0.2) is 0 Å². The number of hydrogen-bond acceptors (Lipinski definition) is 4. The molecule has 5 heteroatoms. The van der Waals surface area contributed by atoms with Crippen molar-refractivity contribution < 1.29 is 4.74 Å². The first-order valence-electron chi connectivity index (χ1n) is 5.23. The molecule has 1 heterocycles. The molecule has 0 aliphatic heterocycles. The number of nitriles is 1. The molecule has 1 aromatic carbocycles. The first-order valence-corrected chi connectivity index (χ1v) is 5.61. The fraction of sp³-hybridized carbons (Fsp3) is 0.154. The van der Waals surface area contributed by atoms with Crippen LogP contribution in [0.2, 0.25) is 5.28 Å². The molecule has 2 aromatic rings. The Kier molecular flexibility index (Phi) is 3.45. The van der Waals surface area contributed by atoms with E-state index in [4.69, 9.17) is 21.6 Å². The Hall–Kier alpha value is -2.12. The molecule has 0 aliphatic rings. The number of rotatable bonds is 2. The second-order valence-corrected chi connectivity index (χ2v) is 4.03. The molecule has 1 aromatic heterocycles. The molecule has 0 saturated heterocycles. The van der Waals surface area contributed by atoms with Gasteiger partial charge in [-0.3, -0.25) is 0 Å². The standard InChI is InChI=1S/C13H10ClN3O/c1-8-5-11(17-13(14)16-8)10-6-9(7-15)3-4-12(10)18-2/h3-6H,1-2H3. The first-order chi connectivity index (χ1) is 8.63. The zero-order chi connectivity index (χ0) is 13.1. The van der Waals surface area contributed by atoms with E-state index < -0.39 is 0 Å². The molecule has 0 unspecified atom stereocenters. The average Bonchev–Trinajstić information content (AvgIpc) is 2.36. The first kappa shape index (κ1) is 12.3. The summed E-state index contributed by atoms with van der Waals surface area (Å²) in [6.07, 6.45) is 0. The van der Waals surface area contributed by atoms with Gasteiger partial charge in [0.05, 0.1) is 24.4 Å². The summed E-state index contributed by atoms with van der Waals surface area (Å²) >= 11 is 5.84. The van der Waals surface area contributed by atoms with Gasteiger partial charge in [0.2, 0.25) is 5.28 Å². The molecule has 0 N–H and O–H groups in total. The summed E-state index contributed by atoms with van der Waals surface area (Å²) in [6, 6.07) is 9.03. The number of methoxy groups -OCH3 is 1. The monoisotopic (exact) mass is 259 g/mol. The summed E-state index contributed by atoms with van der Waals surface area (Å²) < 4.78 is 5.27. The molecule has 90 valence electrons. The molecular formula is C13H10ClN3O. The zero-order valence-electron chi connectivity index (χ0n) is 9.94. The Bertz CT molecular complexity index is 614. The van der Waals surface area contributed by atoms with E-state index in [1.54, 1.807) is 31.4 Å². The van der Waals surface area contributed by atoms with E-state index in [0.29, 0.717) is 17.0 Å². The molecule has 0 radical (unpaired) electrons. The summed E-state index contributed by atoms with van der Waals surface area (Å²) in [6.45, 7) is 1.83. The maximum absolute atomic E-state index is 8.93. The Morgan fingerprint density at radius 3 is 2.67 bits per heavy atom. The van der Waals surface area contributed by atoms with E-state index >= 15 is 0 Å². The largest absolute Gasteiger partial charge is 0.496 e. The van der Waals surface area contributed by atoms with Crippen molar-refractivity contribution in [3.8, 4) is 23.1 Å². The van der Waals surface area contributed by atoms with Crippen LogP contribution in [-0.4, -0.2) is 17.1 Å². The molecule has 4 nitrogen and oxygen atoms in total. The molecule has 0 saturated carbocycles. The number of aryl methyl sites for hydroxylation is 1. The number of halogens is 1. The van der Waals surface area contributed by atoms with Crippen molar-refractivity contribution in [3.63, 3.8) is 0 Å². The minimum Gasteiger partial charge on any atom is -0.496 e. The number of ether oxygens (including phenoxy) is 1. The van der Waals surface area contributed by atoms with E-state index in [1.807, 2.05) is 6.92 Å². The third-order valence-corrected chi connectivity index (χ3v) is 2.60. The van der Waals surface area contributed by atoms with Gasteiger partial charge >= 0.3 is 0 Å². The van der Waals surface area contributed by atoms with E-state index in [1.165, 1.54) is 0 Å². The lowest BCUT2D eigenvalue weighted by molar-refractivity contribution is 0.416. The Balaban J connectivity index is 2.65. The quantitative estimate of drug-likeness (QED) is 0.778. The van der Waals surface area contributed by atoms with Crippen LogP contribution in [0.15, 0.2) is 24.3 Å².